The van der Waals surface area contributed by atoms with Gasteiger partial charge in [-0.25, -0.2) is 0 Å². The quantitative estimate of drug-likeness (QED) is 0.477. The Labute approximate surface area is 185 Å². The van der Waals surface area contributed by atoms with Gasteiger partial charge in [-0.3, -0.25) is 9.59 Å². The number of carbonyl (C=O) groups is 2. The van der Waals surface area contributed by atoms with E-state index in [1.54, 1.807) is 4.90 Å². The number of hydrogen-bond donors (Lipinski definition) is 2. The molecule has 1 unspecified atom stereocenters. The summed E-state index contributed by atoms with van der Waals surface area (Å²) in [4.78, 5) is 26.0. The number of carbonyl (C=O) groups excluding carboxylic acids is 2. The highest BCUT2D eigenvalue weighted by Gasteiger charge is 2.31. The molecule has 0 bridgehead atoms. The van der Waals surface area contributed by atoms with Crippen LogP contribution in [0.3, 0.4) is 0 Å². The molecule has 0 aliphatic carbocycles. The van der Waals surface area contributed by atoms with Crippen molar-refractivity contribution in [3.05, 3.63) is 41.5 Å². The fourth-order valence-electron chi connectivity index (χ4n) is 4.09. The lowest BCUT2D eigenvalue weighted by Gasteiger charge is -2.27. The van der Waals surface area contributed by atoms with Crippen molar-refractivity contribution >= 4 is 24.8 Å². The first-order valence-corrected chi connectivity index (χ1v) is 10.4. The Hall–Kier alpha value is -3.24. The summed E-state index contributed by atoms with van der Waals surface area (Å²) in [5.41, 5.74) is 1.01. The van der Waals surface area contributed by atoms with Crippen LogP contribution in [0.4, 0.5) is 0 Å². The molecule has 10 heteroatoms. The summed E-state index contributed by atoms with van der Waals surface area (Å²) >= 11 is 0. The minimum Gasteiger partial charge on any atom is -0.493 e. The fraction of sp³-hybridized carbons (Fsp3) is 0.364. The lowest BCUT2D eigenvalue weighted by atomic mass is 9.77. The number of rotatable bonds is 7. The Balaban J connectivity index is 1.49. The van der Waals surface area contributed by atoms with Gasteiger partial charge in [0, 0.05) is 12.1 Å². The molecule has 2 N–H and O–H groups in total. The number of aldehydes is 1. The lowest BCUT2D eigenvalue weighted by Crippen LogP contribution is -2.35. The maximum Gasteiger partial charge on any atom is 0.489 e. The third kappa shape index (κ3) is 4.37. The van der Waals surface area contributed by atoms with Crippen molar-refractivity contribution in [2.45, 2.75) is 18.9 Å². The van der Waals surface area contributed by atoms with Crippen LogP contribution in [-0.2, 0) is 4.79 Å². The molecular weight excluding hydrogens is 417 g/mol. The second-order valence-corrected chi connectivity index (χ2v) is 7.56. The monoisotopic (exact) mass is 441 g/mol. The molecular formula is C22H24BNO8. The van der Waals surface area contributed by atoms with Gasteiger partial charge in [0.15, 0.2) is 29.6 Å². The average Bonchev–Trinajstić information content (AvgIpc) is 3.31. The van der Waals surface area contributed by atoms with Gasteiger partial charge >= 0.3 is 7.12 Å². The highest BCUT2D eigenvalue weighted by molar-refractivity contribution is 6.60. The van der Waals surface area contributed by atoms with Crippen LogP contribution in [0, 0.1) is 0 Å². The van der Waals surface area contributed by atoms with E-state index in [1.165, 1.54) is 19.2 Å². The molecule has 9 nitrogen and oxygen atoms in total. The van der Waals surface area contributed by atoms with Gasteiger partial charge in [0.05, 0.1) is 13.2 Å². The summed E-state index contributed by atoms with van der Waals surface area (Å²) in [6.45, 7) is 1.35. The third-order valence-electron chi connectivity index (χ3n) is 5.65. The summed E-state index contributed by atoms with van der Waals surface area (Å²) in [5, 5.41) is 19.0. The Morgan fingerprint density at radius 3 is 2.69 bits per heavy atom. The molecule has 1 amide bonds. The Morgan fingerprint density at radius 1 is 1.19 bits per heavy atom. The minimum absolute atomic E-state index is 0.0291. The first-order chi connectivity index (χ1) is 15.5. The van der Waals surface area contributed by atoms with Gasteiger partial charge in [-0.15, -0.1) is 0 Å². The zero-order chi connectivity index (χ0) is 22.7. The normalized spacial score (nSPS) is 17.1. The van der Waals surface area contributed by atoms with Crippen LogP contribution in [0.5, 0.6) is 23.0 Å². The van der Waals surface area contributed by atoms with E-state index < -0.39 is 7.12 Å². The number of amides is 1. The van der Waals surface area contributed by atoms with Gasteiger partial charge in [-0.05, 0) is 48.1 Å². The fourth-order valence-corrected chi connectivity index (χ4v) is 4.09. The van der Waals surface area contributed by atoms with Gasteiger partial charge in [0.2, 0.25) is 0 Å². The SMILES string of the molecule is COc1cc(C=O)c(B(O)O)cc1OCC(=O)N1CCCC1c1ccc2c(c1)OCCO2. The maximum absolute atomic E-state index is 13.0. The van der Waals surface area contributed by atoms with Crippen molar-refractivity contribution in [1.29, 1.82) is 0 Å². The zero-order valence-electron chi connectivity index (χ0n) is 17.7. The smallest absolute Gasteiger partial charge is 0.489 e. The summed E-state index contributed by atoms with van der Waals surface area (Å²) in [7, 11) is -0.469. The van der Waals surface area contributed by atoms with E-state index in [1.807, 2.05) is 18.2 Å². The van der Waals surface area contributed by atoms with Crippen molar-refractivity contribution in [2.24, 2.45) is 0 Å². The number of benzene rings is 2. The van der Waals surface area contributed by atoms with Crippen LogP contribution >= 0.6 is 0 Å². The van der Waals surface area contributed by atoms with Crippen LogP contribution in [0.2, 0.25) is 0 Å². The van der Waals surface area contributed by atoms with E-state index in [9.17, 15) is 19.6 Å². The standard InChI is InChI=1S/C22H24BNO8/c1-29-19-10-15(12-25)16(23(27)28)11-21(19)32-13-22(26)24-6-2-3-17(24)14-4-5-18-20(9-14)31-8-7-30-18/h4-5,9-12,17,27-28H,2-3,6-8,13H2,1H3. The van der Waals surface area contributed by atoms with Crippen molar-refractivity contribution in [1.82, 2.24) is 4.90 Å². The molecule has 168 valence electrons. The number of fused-ring (bicyclic) bond motifs is 1. The molecule has 2 aliphatic rings. The van der Waals surface area contributed by atoms with Crippen molar-refractivity contribution in [3.8, 4) is 23.0 Å². The lowest BCUT2D eigenvalue weighted by molar-refractivity contribution is -0.134. The molecule has 0 saturated carbocycles. The number of methoxy groups -OCH3 is 1. The second-order valence-electron chi connectivity index (χ2n) is 7.56. The van der Waals surface area contributed by atoms with Crippen molar-refractivity contribution < 1.29 is 38.6 Å². The number of hydrogen-bond acceptors (Lipinski definition) is 8. The molecule has 2 heterocycles. The van der Waals surface area contributed by atoms with Gasteiger partial charge in [-0.2, -0.15) is 0 Å². The molecule has 0 aromatic heterocycles. The topological polar surface area (TPSA) is 115 Å². The zero-order valence-corrected chi connectivity index (χ0v) is 17.7. The van der Waals surface area contributed by atoms with Gasteiger partial charge in [-0.1, -0.05) is 6.07 Å². The summed E-state index contributed by atoms with van der Waals surface area (Å²) in [5.74, 6) is 1.53. The number of likely N-dealkylation sites (tertiary alicyclic amines) is 1. The molecule has 1 saturated heterocycles. The predicted molar refractivity (Wildman–Crippen MR) is 115 cm³/mol. The van der Waals surface area contributed by atoms with Crippen LogP contribution < -0.4 is 24.4 Å². The van der Waals surface area contributed by atoms with E-state index >= 15 is 0 Å². The van der Waals surface area contributed by atoms with Crippen molar-refractivity contribution in [2.75, 3.05) is 33.5 Å². The largest absolute Gasteiger partial charge is 0.493 e. The molecule has 2 aromatic rings. The molecule has 2 aromatic carbocycles. The molecule has 32 heavy (non-hydrogen) atoms. The molecule has 1 atom stereocenters. The molecule has 4 rings (SSSR count). The first-order valence-electron chi connectivity index (χ1n) is 10.4. The number of nitrogens with zero attached hydrogens (tertiary/aromatic N) is 1. The molecule has 2 aliphatic heterocycles. The Bertz CT molecular complexity index is 1010. The minimum atomic E-state index is -1.86. The van der Waals surface area contributed by atoms with Crippen LogP contribution in [0.25, 0.3) is 0 Å². The van der Waals surface area contributed by atoms with Gasteiger partial charge in [0.25, 0.3) is 5.91 Å². The van der Waals surface area contributed by atoms with Crippen LogP contribution in [0.1, 0.15) is 34.8 Å². The maximum atomic E-state index is 13.0. The highest BCUT2D eigenvalue weighted by atomic mass is 16.6. The van der Waals surface area contributed by atoms with Gasteiger partial charge in [0.1, 0.15) is 19.5 Å². The van der Waals surface area contributed by atoms with E-state index in [0.717, 1.165) is 18.4 Å². The third-order valence-corrected chi connectivity index (χ3v) is 5.65. The van der Waals surface area contributed by atoms with E-state index in [4.69, 9.17) is 18.9 Å². The van der Waals surface area contributed by atoms with Crippen LogP contribution in [-0.4, -0.2) is 67.7 Å². The number of ether oxygens (including phenoxy) is 4. The molecule has 0 spiro atoms. The average molecular weight is 441 g/mol. The molecule has 0 radical (unpaired) electrons. The summed E-state index contributed by atoms with van der Waals surface area (Å²) < 4.78 is 22.1. The Morgan fingerprint density at radius 2 is 1.97 bits per heavy atom. The summed E-state index contributed by atoms with van der Waals surface area (Å²) in [6.07, 6.45) is 2.18. The van der Waals surface area contributed by atoms with E-state index in [0.29, 0.717) is 37.5 Å². The van der Waals surface area contributed by atoms with Crippen LogP contribution in [0.15, 0.2) is 30.3 Å². The van der Waals surface area contributed by atoms with Gasteiger partial charge < -0.3 is 33.9 Å². The van der Waals surface area contributed by atoms with E-state index in [-0.39, 0.29) is 41.1 Å². The second kappa shape index (κ2) is 9.50. The van der Waals surface area contributed by atoms with Crippen molar-refractivity contribution in [3.63, 3.8) is 0 Å². The predicted octanol–water partition coefficient (Wildman–Crippen LogP) is 0.701. The summed E-state index contributed by atoms with van der Waals surface area (Å²) in [6, 6.07) is 8.26. The Kier molecular flexibility index (Phi) is 6.52. The first kappa shape index (κ1) is 22.0. The molecule has 1 fully saturated rings. The highest BCUT2D eigenvalue weighted by Crippen LogP contribution is 2.38. The van der Waals surface area contributed by atoms with E-state index in [2.05, 4.69) is 0 Å².